The molecule has 0 aromatic carbocycles. The highest BCUT2D eigenvalue weighted by atomic mass is 15.0. The Bertz CT molecular complexity index is 375. The summed E-state index contributed by atoms with van der Waals surface area (Å²) in [6.07, 6.45) is 7.32. The minimum Gasteiger partial charge on any atom is -0.309 e. The van der Waals surface area contributed by atoms with Gasteiger partial charge in [-0.05, 0) is 19.8 Å². The minimum absolute atomic E-state index is 0.643. The van der Waals surface area contributed by atoms with Gasteiger partial charge in [-0.3, -0.25) is 0 Å². The maximum absolute atomic E-state index is 4.65. The van der Waals surface area contributed by atoms with Crippen LogP contribution in [0.2, 0.25) is 0 Å². The van der Waals surface area contributed by atoms with Crippen LogP contribution in [0.5, 0.6) is 0 Å². The van der Waals surface area contributed by atoms with Gasteiger partial charge in [0.05, 0.1) is 5.69 Å². The smallest absolute Gasteiger partial charge is 0.125 e. The molecule has 3 heteroatoms. The van der Waals surface area contributed by atoms with Gasteiger partial charge in [0, 0.05) is 30.3 Å². The normalized spacial score (nSPS) is 29.4. The Labute approximate surface area is 90.3 Å². The van der Waals surface area contributed by atoms with Crippen LogP contribution in [0.25, 0.3) is 0 Å². The summed E-state index contributed by atoms with van der Waals surface area (Å²) in [7, 11) is 0. The van der Waals surface area contributed by atoms with Gasteiger partial charge in [0.2, 0.25) is 0 Å². The molecule has 3 nitrogen and oxygen atoms in total. The fourth-order valence-corrected chi connectivity index (χ4v) is 2.91. The molecule has 15 heavy (non-hydrogen) atoms. The van der Waals surface area contributed by atoms with E-state index in [1.54, 1.807) is 0 Å². The summed E-state index contributed by atoms with van der Waals surface area (Å²) in [5.74, 6) is 1.56. The van der Waals surface area contributed by atoms with Crippen LogP contribution in [0.4, 0.5) is 0 Å². The van der Waals surface area contributed by atoms with Crippen molar-refractivity contribution in [2.45, 2.75) is 51.1 Å². The van der Waals surface area contributed by atoms with Crippen LogP contribution in [0, 0.1) is 6.92 Å². The fraction of sp³-hybridized carbons (Fsp3) is 0.667. The first-order valence-corrected chi connectivity index (χ1v) is 5.90. The van der Waals surface area contributed by atoms with E-state index in [1.165, 1.54) is 36.9 Å². The van der Waals surface area contributed by atoms with Crippen LogP contribution in [0.15, 0.2) is 6.20 Å². The number of aromatic nitrogens is 2. The van der Waals surface area contributed by atoms with Crippen molar-refractivity contribution in [2.24, 2.45) is 0 Å². The number of nitrogens with zero attached hydrogens (tertiary/aromatic N) is 2. The van der Waals surface area contributed by atoms with E-state index in [2.05, 4.69) is 15.3 Å². The lowest BCUT2D eigenvalue weighted by atomic mass is 9.79. The second-order valence-corrected chi connectivity index (χ2v) is 4.71. The molecule has 1 aliphatic heterocycles. The zero-order valence-electron chi connectivity index (χ0n) is 9.16. The second kappa shape index (κ2) is 3.56. The van der Waals surface area contributed by atoms with E-state index in [0.717, 1.165) is 12.4 Å². The van der Waals surface area contributed by atoms with Crippen LogP contribution in [-0.4, -0.2) is 16.0 Å². The van der Waals surface area contributed by atoms with Gasteiger partial charge in [0.15, 0.2) is 0 Å². The Kier molecular flexibility index (Phi) is 2.20. The Morgan fingerprint density at radius 1 is 1.33 bits per heavy atom. The number of fused-ring (bicyclic) bond motifs is 3. The number of hydrogen-bond donors (Lipinski definition) is 1. The van der Waals surface area contributed by atoms with Gasteiger partial charge < -0.3 is 5.32 Å². The first-order valence-electron chi connectivity index (χ1n) is 5.90. The summed E-state index contributed by atoms with van der Waals surface area (Å²) in [6.45, 7) is 2.94. The summed E-state index contributed by atoms with van der Waals surface area (Å²) in [5, 5.41) is 3.62. The third-order valence-corrected chi connectivity index (χ3v) is 3.69. The molecule has 2 atom stereocenters. The lowest BCUT2D eigenvalue weighted by Gasteiger charge is -2.36. The molecule has 1 aromatic rings. The predicted octanol–water partition coefficient (Wildman–Crippen LogP) is 1.91. The molecular formula is C12H17N3. The quantitative estimate of drug-likeness (QED) is 0.700. The lowest BCUT2D eigenvalue weighted by molar-refractivity contribution is 0.301. The highest BCUT2D eigenvalue weighted by Crippen LogP contribution is 2.36. The molecule has 1 N–H and O–H groups in total. The first kappa shape index (κ1) is 9.28. The van der Waals surface area contributed by atoms with Gasteiger partial charge in [0.1, 0.15) is 5.82 Å². The summed E-state index contributed by atoms with van der Waals surface area (Å²) >= 11 is 0. The molecule has 0 bridgehead atoms. The van der Waals surface area contributed by atoms with Gasteiger partial charge in [0.25, 0.3) is 0 Å². The van der Waals surface area contributed by atoms with Crippen LogP contribution in [0.1, 0.15) is 48.7 Å². The standard InChI is InChI=1S/C12H17N3/c1-8-13-6-9-7-14-11-5-3-2-4-10(11)12(9)15-8/h6,10-11,14H,2-5,7H2,1H3/t10-,11+/m1/s1. The number of aryl methyl sites for hydroxylation is 1. The molecule has 2 aliphatic rings. The Morgan fingerprint density at radius 3 is 3.13 bits per heavy atom. The zero-order valence-corrected chi connectivity index (χ0v) is 9.16. The summed E-state index contributed by atoms with van der Waals surface area (Å²) in [6, 6.07) is 0.667. The van der Waals surface area contributed by atoms with Crippen molar-refractivity contribution in [1.82, 2.24) is 15.3 Å². The molecule has 1 saturated carbocycles. The molecule has 1 aliphatic carbocycles. The van der Waals surface area contributed by atoms with E-state index >= 15 is 0 Å². The van der Waals surface area contributed by atoms with Gasteiger partial charge in [-0.2, -0.15) is 0 Å². The van der Waals surface area contributed by atoms with Gasteiger partial charge in [-0.1, -0.05) is 12.8 Å². The van der Waals surface area contributed by atoms with E-state index < -0.39 is 0 Å². The zero-order chi connectivity index (χ0) is 10.3. The van der Waals surface area contributed by atoms with E-state index in [0.29, 0.717) is 12.0 Å². The predicted molar refractivity (Wildman–Crippen MR) is 58.6 cm³/mol. The van der Waals surface area contributed by atoms with E-state index in [-0.39, 0.29) is 0 Å². The molecule has 0 unspecified atom stereocenters. The van der Waals surface area contributed by atoms with Crippen molar-refractivity contribution in [1.29, 1.82) is 0 Å². The van der Waals surface area contributed by atoms with Crippen LogP contribution in [-0.2, 0) is 6.54 Å². The monoisotopic (exact) mass is 203 g/mol. The number of nitrogens with one attached hydrogen (secondary N) is 1. The number of hydrogen-bond acceptors (Lipinski definition) is 3. The SMILES string of the molecule is Cc1ncc2c(n1)[C@@H]1CCCC[C@@H]1NC2. The highest BCUT2D eigenvalue weighted by Gasteiger charge is 2.32. The Balaban J connectivity index is 2.01. The third kappa shape index (κ3) is 1.55. The third-order valence-electron chi connectivity index (χ3n) is 3.69. The van der Waals surface area contributed by atoms with E-state index in [9.17, 15) is 0 Å². The summed E-state index contributed by atoms with van der Waals surface area (Å²) in [4.78, 5) is 8.93. The number of rotatable bonds is 0. The maximum atomic E-state index is 4.65. The van der Waals surface area contributed by atoms with Crippen LogP contribution in [0.3, 0.4) is 0 Å². The average molecular weight is 203 g/mol. The van der Waals surface area contributed by atoms with Gasteiger partial charge in [-0.25, -0.2) is 9.97 Å². The fourth-order valence-electron chi connectivity index (χ4n) is 2.91. The molecule has 0 amide bonds. The topological polar surface area (TPSA) is 37.8 Å². The molecule has 3 rings (SSSR count). The molecule has 80 valence electrons. The van der Waals surface area contributed by atoms with Crippen molar-refractivity contribution in [2.75, 3.05) is 0 Å². The highest BCUT2D eigenvalue weighted by molar-refractivity contribution is 5.26. The van der Waals surface area contributed by atoms with Crippen LogP contribution >= 0.6 is 0 Å². The van der Waals surface area contributed by atoms with Crippen molar-refractivity contribution in [3.05, 3.63) is 23.3 Å². The Morgan fingerprint density at radius 2 is 2.20 bits per heavy atom. The molecule has 1 aromatic heterocycles. The molecule has 0 saturated heterocycles. The Hall–Kier alpha value is -0.960. The first-order chi connectivity index (χ1) is 7.34. The molecular weight excluding hydrogens is 186 g/mol. The molecule has 2 heterocycles. The van der Waals surface area contributed by atoms with Gasteiger partial charge >= 0.3 is 0 Å². The minimum atomic E-state index is 0.643. The van der Waals surface area contributed by atoms with Crippen molar-refractivity contribution in [3.63, 3.8) is 0 Å². The summed E-state index contributed by atoms with van der Waals surface area (Å²) in [5.41, 5.74) is 2.63. The van der Waals surface area contributed by atoms with Crippen molar-refractivity contribution < 1.29 is 0 Å². The molecule has 0 radical (unpaired) electrons. The van der Waals surface area contributed by atoms with Crippen molar-refractivity contribution in [3.8, 4) is 0 Å². The largest absolute Gasteiger partial charge is 0.309 e. The second-order valence-electron chi connectivity index (χ2n) is 4.71. The van der Waals surface area contributed by atoms with Gasteiger partial charge in [-0.15, -0.1) is 0 Å². The van der Waals surface area contributed by atoms with Crippen LogP contribution < -0.4 is 5.32 Å². The molecule has 1 fully saturated rings. The van der Waals surface area contributed by atoms with E-state index in [4.69, 9.17) is 0 Å². The summed E-state index contributed by atoms with van der Waals surface area (Å²) < 4.78 is 0. The lowest BCUT2D eigenvalue weighted by Crippen LogP contribution is -2.41. The maximum Gasteiger partial charge on any atom is 0.125 e. The van der Waals surface area contributed by atoms with Crippen molar-refractivity contribution >= 4 is 0 Å². The molecule has 0 spiro atoms. The average Bonchev–Trinajstić information content (AvgIpc) is 2.29. The van der Waals surface area contributed by atoms with E-state index in [1.807, 2.05) is 13.1 Å².